The van der Waals surface area contributed by atoms with E-state index in [-0.39, 0.29) is 6.04 Å². The molecule has 4 N–H and O–H groups in total. The van der Waals surface area contributed by atoms with Crippen LogP contribution in [0.1, 0.15) is 32.1 Å². The lowest BCUT2D eigenvalue weighted by Crippen LogP contribution is -2.58. The van der Waals surface area contributed by atoms with Crippen molar-refractivity contribution in [3.05, 3.63) is 0 Å². The normalized spacial score (nSPS) is 34.2. The van der Waals surface area contributed by atoms with E-state index in [4.69, 9.17) is 5.73 Å². The summed E-state index contributed by atoms with van der Waals surface area (Å²) in [6.45, 7) is 1.45. The average molecular weight is 184 g/mol. The van der Waals surface area contributed by atoms with Gasteiger partial charge in [0.2, 0.25) is 0 Å². The van der Waals surface area contributed by atoms with E-state index in [0.29, 0.717) is 12.5 Å². The van der Waals surface area contributed by atoms with Gasteiger partial charge >= 0.3 is 0 Å². The van der Waals surface area contributed by atoms with Gasteiger partial charge in [0, 0.05) is 12.6 Å². The number of nitrogens with one attached hydrogen (secondary N) is 1. The van der Waals surface area contributed by atoms with E-state index in [1.54, 1.807) is 0 Å². The summed E-state index contributed by atoms with van der Waals surface area (Å²) in [4.78, 5) is 0. The fourth-order valence-electron chi connectivity index (χ4n) is 2.46. The molecule has 2 fully saturated rings. The maximum Gasteiger partial charge on any atom is 0.0949 e. The Morgan fingerprint density at radius 2 is 2.08 bits per heavy atom. The molecule has 2 rings (SSSR count). The van der Waals surface area contributed by atoms with Crippen LogP contribution >= 0.6 is 0 Å². The van der Waals surface area contributed by atoms with Crippen molar-refractivity contribution in [1.29, 1.82) is 0 Å². The summed E-state index contributed by atoms with van der Waals surface area (Å²) in [6, 6.07) is 0.249. The first-order chi connectivity index (χ1) is 6.27. The van der Waals surface area contributed by atoms with Crippen LogP contribution < -0.4 is 11.1 Å². The maximum absolute atomic E-state index is 10.4. The quantitative estimate of drug-likeness (QED) is 0.588. The molecule has 0 amide bonds. The molecular formula is C10H20N2O. The lowest BCUT2D eigenvalue weighted by atomic mass is 9.84. The van der Waals surface area contributed by atoms with Crippen molar-refractivity contribution < 1.29 is 5.11 Å². The van der Waals surface area contributed by atoms with Gasteiger partial charge in [0.05, 0.1) is 5.60 Å². The molecule has 2 aliphatic rings. The predicted octanol–water partition coefficient (Wildman–Crippen LogP) is 0.228. The summed E-state index contributed by atoms with van der Waals surface area (Å²) < 4.78 is 0. The molecule has 13 heavy (non-hydrogen) atoms. The minimum atomic E-state index is -0.611. The molecule has 3 nitrogen and oxygen atoms in total. The van der Waals surface area contributed by atoms with Gasteiger partial charge in [0.15, 0.2) is 0 Å². The van der Waals surface area contributed by atoms with Crippen molar-refractivity contribution in [2.24, 2.45) is 11.7 Å². The summed E-state index contributed by atoms with van der Waals surface area (Å²) in [6.07, 6.45) is 5.87. The molecule has 0 radical (unpaired) electrons. The molecule has 1 saturated heterocycles. The van der Waals surface area contributed by atoms with E-state index >= 15 is 0 Å². The van der Waals surface area contributed by atoms with Crippen LogP contribution in [0.15, 0.2) is 0 Å². The zero-order valence-electron chi connectivity index (χ0n) is 8.13. The molecule has 0 bridgehead atoms. The van der Waals surface area contributed by atoms with Crippen LogP contribution in [0.25, 0.3) is 0 Å². The van der Waals surface area contributed by atoms with Crippen LogP contribution in [0.3, 0.4) is 0 Å². The second kappa shape index (κ2) is 3.56. The Bertz CT molecular complexity index is 176. The lowest BCUT2D eigenvalue weighted by Gasteiger charge is -2.38. The van der Waals surface area contributed by atoms with E-state index in [0.717, 1.165) is 25.8 Å². The first kappa shape index (κ1) is 9.44. The second-order valence-corrected chi connectivity index (χ2v) is 4.47. The Balaban J connectivity index is 2.00. The Labute approximate surface area is 79.7 Å². The Kier molecular flexibility index (Phi) is 2.58. The van der Waals surface area contributed by atoms with Crippen molar-refractivity contribution in [2.75, 3.05) is 13.1 Å². The summed E-state index contributed by atoms with van der Waals surface area (Å²) in [7, 11) is 0. The monoisotopic (exact) mass is 184 g/mol. The fraction of sp³-hybridized carbons (Fsp3) is 1.00. The molecule has 1 heterocycles. The highest BCUT2D eigenvalue weighted by molar-refractivity contribution is 5.03. The van der Waals surface area contributed by atoms with E-state index < -0.39 is 5.60 Å². The molecule has 2 atom stereocenters. The summed E-state index contributed by atoms with van der Waals surface area (Å²) >= 11 is 0. The number of rotatable bonds is 3. The van der Waals surface area contributed by atoms with Gasteiger partial charge in [-0.3, -0.25) is 0 Å². The SMILES string of the molecule is NCC(O)(C1CC1)C1CCCCN1. The maximum atomic E-state index is 10.4. The molecule has 3 heteroatoms. The molecule has 2 unspecified atom stereocenters. The van der Waals surface area contributed by atoms with Gasteiger partial charge in [-0.25, -0.2) is 0 Å². The molecule has 1 saturated carbocycles. The number of hydrogen-bond acceptors (Lipinski definition) is 3. The zero-order valence-corrected chi connectivity index (χ0v) is 8.13. The average Bonchev–Trinajstić information content (AvgIpc) is 3.02. The molecule has 0 aromatic rings. The van der Waals surface area contributed by atoms with Crippen molar-refractivity contribution in [2.45, 2.75) is 43.7 Å². The highest BCUT2D eigenvalue weighted by atomic mass is 16.3. The Morgan fingerprint density at radius 3 is 2.54 bits per heavy atom. The van der Waals surface area contributed by atoms with Crippen LogP contribution in [0.4, 0.5) is 0 Å². The van der Waals surface area contributed by atoms with E-state index in [9.17, 15) is 5.11 Å². The van der Waals surface area contributed by atoms with Crippen LogP contribution in [-0.2, 0) is 0 Å². The van der Waals surface area contributed by atoms with Crippen molar-refractivity contribution in [3.63, 3.8) is 0 Å². The largest absolute Gasteiger partial charge is 0.387 e. The van der Waals surface area contributed by atoms with Crippen LogP contribution in [-0.4, -0.2) is 29.8 Å². The van der Waals surface area contributed by atoms with Crippen LogP contribution in [0.2, 0.25) is 0 Å². The number of hydrogen-bond donors (Lipinski definition) is 3. The molecule has 0 aromatic heterocycles. The predicted molar refractivity (Wildman–Crippen MR) is 52.4 cm³/mol. The van der Waals surface area contributed by atoms with Crippen LogP contribution in [0.5, 0.6) is 0 Å². The Hall–Kier alpha value is -0.120. The minimum Gasteiger partial charge on any atom is -0.387 e. The van der Waals surface area contributed by atoms with E-state index in [1.807, 2.05) is 0 Å². The third kappa shape index (κ3) is 1.73. The summed E-state index contributed by atoms with van der Waals surface area (Å²) in [5.41, 5.74) is 5.08. The highest BCUT2D eigenvalue weighted by Gasteiger charge is 2.48. The first-order valence-corrected chi connectivity index (χ1v) is 5.43. The molecular weight excluding hydrogens is 164 g/mol. The second-order valence-electron chi connectivity index (χ2n) is 4.47. The van der Waals surface area contributed by atoms with Gasteiger partial charge in [-0.1, -0.05) is 6.42 Å². The van der Waals surface area contributed by atoms with Crippen molar-refractivity contribution >= 4 is 0 Å². The third-order valence-corrected chi connectivity index (χ3v) is 3.53. The van der Waals surface area contributed by atoms with E-state index in [2.05, 4.69) is 5.32 Å². The first-order valence-electron chi connectivity index (χ1n) is 5.43. The molecule has 1 aliphatic carbocycles. The van der Waals surface area contributed by atoms with Crippen molar-refractivity contribution in [3.8, 4) is 0 Å². The topological polar surface area (TPSA) is 58.3 Å². The standard InChI is InChI=1S/C10H20N2O/c11-7-10(13,8-4-5-8)9-3-1-2-6-12-9/h8-9,12-13H,1-7,11H2. The Morgan fingerprint density at radius 1 is 1.31 bits per heavy atom. The van der Waals surface area contributed by atoms with Crippen LogP contribution in [0, 0.1) is 5.92 Å². The molecule has 0 spiro atoms. The minimum absolute atomic E-state index is 0.249. The fourth-order valence-corrected chi connectivity index (χ4v) is 2.46. The molecule has 0 aromatic carbocycles. The van der Waals surface area contributed by atoms with Gasteiger partial charge in [0.25, 0.3) is 0 Å². The molecule has 76 valence electrons. The van der Waals surface area contributed by atoms with Gasteiger partial charge < -0.3 is 16.2 Å². The van der Waals surface area contributed by atoms with Crippen molar-refractivity contribution in [1.82, 2.24) is 5.32 Å². The molecule has 1 aliphatic heterocycles. The zero-order chi connectivity index (χ0) is 9.31. The highest BCUT2D eigenvalue weighted by Crippen LogP contribution is 2.42. The summed E-state index contributed by atoms with van der Waals surface area (Å²) in [5.74, 6) is 0.466. The van der Waals surface area contributed by atoms with Gasteiger partial charge in [-0.05, 0) is 38.1 Å². The van der Waals surface area contributed by atoms with Gasteiger partial charge in [-0.15, -0.1) is 0 Å². The lowest BCUT2D eigenvalue weighted by molar-refractivity contribution is -0.0191. The number of nitrogens with two attached hydrogens (primary N) is 1. The van der Waals surface area contributed by atoms with Gasteiger partial charge in [0.1, 0.15) is 0 Å². The van der Waals surface area contributed by atoms with E-state index in [1.165, 1.54) is 12.8 Å². The number of piperidine rings is 1. The smallest absolute Gasteiger partial charge is 0.0949 e. The summed E-state index contributed by atoms with van der Waals surface area (Å²) in [5, 5.41) is 13.8. The number of aliphatic hydroxyl groups is 1. The third-order valence-electron chi connectivity index (χ3n) is 3.53. The van der Waals surface area contributed by atoms with Gasteiger partial charge in [-0.2, -0.15) is 0 Å².